The average molecular weight is 292 g/mol. The van der Waals surface area contributed by atoms with Crippen LogP contribution in [0, 0.1) is 0 Å². The molecule has 0 aliphatic heterocycles. The summed E-state index contributed by atoms with van der Waals surface area (Å²) < 4.78 is 0. The fourth-order valence-electron chi connectivity index (χ4n) is 1.78. The molecule has 0 bridgehead atoms. The molecule has 5 nitrogen and oxygen atoms in total. The van der Waals surface area contributed by atoms with Gasteiger partial charge in [-0.25, -0.2) is 4.98 Å². The summed E-state index contributed by atoms with van der Waals surface area (Å²) in [7, 11) is 0. The van der Waals surface area contributed by atoms with E-state index < -0.39 is 11.9 Å². The number of hydrogen-bond donors (Lipinski definition) is 3. The highest BCUT2D eigenvalue weighted by Crippen LogP contribution is 2.18. The lowest BCUT2D eigenvalue weighted by atomic mass is 10.1. The molecule has 20 heavy (non-hydrogen) atoms. The summed E-state index contributed by atoms with van der Waals surface area (Å²) in [6.45, 7) is -0.219. The Morgan fingerprint density at radius 2 is 2.10 bits per heavy atom. The van der Waals surface area contributed by atoms with E-state index in [1.165, 1.54) is 12.3 Å². The predicted molar refractivity (Wildman–Crippen MR) is 77.4 cm³/mol. The smallest absolute Gasteiger partial charge is 0.255 e. The second kappa shape index (κ2) is 6.36. The molecule has 0 radical (unpaired) electrons. The third kappa shape index (κ3) is 3.26. The number of pyridine rings is 1. The molecule has 6 heteroatoms. The van der Waals surface area contributed by atoms with Gasteiger partial charge in [-0.3, -0.25) is 4.79 Å². The molecule has 4 N–H and O–H groups in total. The van der Waals surface area contributed by atoms with Crippen LogP contribution < -0.4 is 11.1 Å². The fraction of sp³-hybridized carbons (Fsp3) is 0.143. The number of nitrogens with two attached hydrogens (primary N) is 1. The monoisotopic (exact) mass is 291 g/mol. The standard InChI is InChI=1S/C14H14ClN3O2/c15-13-11(6-10(16)7-17-13)14(20)18-12(8-19)9-4-2-1-3-5-9/h1-7,12,19H,8,16H2,(H,18,20). The van der Waals surface area contributed by atoms with Gasteiger partial charge in [0, 0.05) is 0 Å². The zero-order chi connectivity index (χ0) is 14.5. The van der Waals surface area contributed by atoms with Gasteiger partial charge in [0.1, 0.15) is 5.15 Å². The lowest BCUT2D eigenvalue weighted by Crippen LogP contribution is -2.31. The molecular formula is C14H14ClN3O2. The maximum absolute atomic E-state index is 12.2. The highest BCUT2D eigenvalue weighted by Gasteiger charge is 2.17. The van der Waals surface area contributed by atoms with E-state index in [0.29, 0.717) is 5.69 Å². The summed E-state index contributed by atoms with van der Waals surface area (Å²) in [4.78, 5) is 16.0. The van der Waals surface area contributed by atoms with Crippen LogP contribution in [-0.4, -0.2) is 22.6 Å². The van der Waals surface area contributed by atoms with E-state index in [-0.39, 0.29) is 17.3 Å². The van der Waals surface area contributed by atoms with Crippen molar-refractivity contribution in [2.45, 2.75) is 6.04 Å². The topological polar surface area (TPSA) is 88.2 Å². The Hall–Kier alpha value is -2.11. The van der Waals surface area contributed by atoms with Crippen LogP contribution in [0.5, 0.6) is 0 Å². The summed E-state index contributed by atoms with van der Waals surface area (Å²) >= 11 is 5.87. The van der Waals surface area contributed by atoms with Crippen LogP contribution in [0.15, 0.2) is 42.6 Å². The molecule has 104 valence electrons. The Labute approximate surface area is 121 Å². The van der Waals surface area contributed by atoms with Gasteiger partial charge in [-0.1, -0.05) is 41.9 Å². The first-order valence-electron chi connectivity index (χ1n) is 5.99. The van der Waals surface area contributed by atoms with Gasteiger partial charge in [-0.2, -0.15) is 0 Å². The van der Waals surface area contributed by atoms with Crippen molar-refractivity contribution in [2.75, 3.05) is 12.3 Å². The molecule has 1 amide bonds. The summed E-state index contributed by atoms with van der Waals surface area (Å²) in [5.41, 5.74) is 6.92. The van der Waals surface area contributed by atoms with Crippen LogP contribution in [0.1, 0.15) is 22.0 Å². The fourth-order valence-corrected chi connectivity index (χ4v) is 1.97. The molecule has 0 aliphatic carbocycles. The van der Waals surface area contributed by atoms with Crippen LogP contribution in [0.2, 0.25) is 5.15 Å². The Morgan fingerprint density at radius 3 is 2.75 bits per heavy atom. The average Bonchev–Trinajstić information content (AvgIpc) is 2.48. The van der Waals surface area contributed by atoms with Crippen molar-refractivity contribution in [3.05, 3.63) is 58.9 Å². The van der Waals surface area contributed by atoms with Crippen LogP contribution in [0.3, 0.4) is 0 Å². The van der Waals surface area contributed by atoms with Gasteiger partial charge in [0.2, 0.25) is 0 Å². The number of anilines is 1. The van der Waals surface area contributed by atoms with Crippen LogP contribution in [0.4, 0.5) is 5.69 Å². The Morgan fingerprint density at radius 1 is 1.40 bits per heavy atom. The summed E-state index contributed by atoms with van der Waals surface area (Å²) in [5.74, 6) is -0.433. The third-order valence-corrected chi connectivity index (χ3v) is 3.10. The van der Waals surface area contributed by atoms with E-state index in [2.05, 4.69) is 10.3 Å². The molecule has 1 unspecified atom stereocenters. The number of nitrogens with one attached hydrogen (secondary N) is 1. The van der Waals surface area contributed by atoms with Crippen molar-refractivity contribution >= 4 is 23.2 Å². The van der Waals surface area contributed by atoms with E-state index in [1.54, 1.807) is 0 Å². The molecule has 2 aromatic rings. The van der Waals surface area contributed by atoms with Crippen LogP contribution in [0.25, 0.3) is 0 Å². The Balaban J connectivity index is 2.20. The van der Waals surface area contributed by atoms with E-state index in [9.17, 15) is 9.90 Å². The number of aromatic nitrogens is 1. The van der Waals surface area contributed by atoms with Crippen molar-refractivity contribution in [3.63, 3.8) is 0 Å². The van der Waals surface area contributed by atoms with Gasteiger partial charge in [-0.15, -0.1) is 0 Å². The third-order valence-electron chi connectivity index (χ3n) is 2.79. The minimum atomic E-state index is -0.513. The molecule has 1 atom stereocenters. The number of benzene rings is 1. The number of nitrogen functional groups attached to an aromatic ring is 1. The molecule has 0 fully saturated rings. The minimum Gasteiger partial charge on any atom is -0.397 e. The van der Waals surface area contributed by atoms with Gasteiger partial charge < -0.3 is 16.2 Å². The van der Waals surface area contributed by atoms with E-state index in [0.717, 1.165) is 5.56 Å². The Kier molecular flexibility index (Phi) is 4.55. The quantitative estimate of drug-likeness (QED) is 0.749. The Bertz CT molecular complexity index is 605. The first-order chi connectivity index (χ1) is 9.61. The highest BCUT2D eigenvalue weighted by atomic mass is 35.5. The maximum atomic E-state index is 12.2. The molecule has 1 aromatic carbocycles. The van der Waals surface area contributed by atoms with Crippen molar-refractivity contribution in [3.8, 4) is 0 Å². The van der Waals surface area contributed by atoms with Crippen molar-refractivity contribution < 1.29 is 9.90 Å². The molecule has 1 heterocycles. The molecule has 1 aromatic heterocycles. The van der Waals surface area contributed by atoms with Crippen molar-refractivity contribution in [2.24, 2.45) is 0 Å². The van der Waals surface area contributed by atoms with E-state index in [1.807, 2.05) is 30.3 Å². The molecule has 0 aliphatic rings. The second-order valence-corrected chi connectivity index (χ2v) is 4.58. The van der Waals surface area contributed by atoms with Gasteiger partial charge in [0.25, 0.3) is 5.91 Å². The lowest BCUT2D eigenvalue weighted by Gasteiger charge is -2.17. The molecular weight excluding hydrogens is 278 g/mol. The van der Waals surface area contributed by atoms with Crippen LogP contribution >= 0.6 is 11.6 Å². The number of halogens is 1. The van der Waals surface area contributed by atoms with Gasteiger partial charge in [0.05, 0.1) is 30.1 Å². The lowest BCUT2D eigenvalue weighted by molar-refractivity contribution is 0.0916. The van der Waals surface area contributed by atoms with Crippen molar-refractivity contribution in [1.29, 1.82) is 0 Å². The van der Waals surface area contributed by atoms with Gasteiger partial charge >= 0.3 is 0 Å². The maximum Gasteiger partial charge on any atom is 0.255 e. The first-order valence-corrected chi connectivity index (χ1v) is 6.37. The zero-order valence-corrected chi connectivity index (χ0v) is 11.3. The van der Waals surface area contributed by atoms with Gasteiger partial charge in [0.15, 0.2) is 0 Å². The number of carbonyl (C=O) groups excluding carboxylic acids is 1. The number of hydrogen-bond acceptors (Lipinski definition) is 4. The zero-order valence-electron chi connectivity index (χ0n) is 10.6. The SMILES string of the molecule is Nc1cnc(Cl)c(C(=O)NC(CO)c2ccccc2)c1. The number of carbonyl (C=O) groups is 1. The summed E-state index contributed by atoms with van der Waals surface area (Å²) in [6, 6.07) is 10.1. The molecule has 0 spiro atoms. The number of amides is 1. The normalized spacial score (nSPS) is 11.9. The predicted octanol–water partition coefficient (Wildman–Crippen LogP) is 1.78. The largest absolute Gasteiger partial charge is 0.397 e. The molecule has 0 saturated carbocycles. The number of nitrogens with zero attached hydrogens (tertiary/aromatic N) is 1. The van der Waals surface area contributed by atoms with E-state index in [4.69, 9.17) is 17.3 Å². The van der Waals surface area contributed by atoms with Crippen LogP contribution in [-0.2, 0) is 0 Å². The second-order valence-electron chi connectivity index (χ2n) is 4.23. The summed E-state index contributed by atoms with van der Waals surface area (Å²) in [5, 5.41) is 12.2. The van der Waals surface area contributed by atoms with Gasteiger partial charge in [-0.05, 0) is 11.6 Å². The number of aliphatic hydroxyl groups is 1. The molecule has 0 saturated heterocycles. The van der Waals surface area contributed by atoms with E-state index >= 15 is 0 Å². The number of aliphatic hydroxyl groups excluding tert-OH is 1. The first kappa shape index (κ1) is 14.3. The highest BCUT2D eigenvalue weighted by molar-refractivity contribution is 6.32. The number of rotatable bonds is 4. The minimum absolute atomic E-state index is 0.0708. The van der Waals surface area contributed by atoms with Crippen molar-refractivity contribution in [1.82, 2.24) is 10.3 Å². The molecule has 2 rings (SSSR count). The summed E-state index contributed by atoms with van der Waals surface area (Å²) in [6.07, 6.45) is 1.37.